The van der Waals surface area contributed by atoms with Crippen LogP contribution in [0.25, 0.3) is 0 Å². The van der Waals surface area contributed by atoms with Gasteiger partial charge in [0, 0.05) is 18.7 Å². The molecule has 1 N–H and O–H groups in total. The van der Waals surface area contributed by atoms with Gasteiger partial charge in [-0.25, -0.2) is 0 Å². The average Bonchev–Trinajstić information content (AvgIpc) is 2.76. The Morgan fingerprint density at radius 3 is 2.88 bits per heavy atom. The maximum absolute atomic E-state index is 10.5. The third-order valence-corrected chi connectivity index (χ3v) is 3.84. The lowest BCUT2D eigenvalue weighted by atomic mass is 9.88. The van der Waals surface area contributed by atoms with E-state index in [1.54, 1.807) is 0 Å². The Morgan fingerprint density at radius 2 is 2.38 bits per heavy atom. The molecule has 3 nitrogen and oxygen atoms in total. The normalized spacial score (nSPS) is 30.2. The highest BCUT2D eigenvalue weighted by molar-refractivity contribution is 5.07. The summed E-state index contributed by atoms with van der Waals surface area (Å²) in [5.41, 5.74) is 0.501. The first-order valence-electron chi connectivity index (χ1n) is 6.28. The molecule has 2 rings (SSSR count). The average molecular weight is 222 g/mol. The molecule has 1 heterocycles. The molecule has 1 aliphatic rings. The molecule has 90 valence electrons. The first kappa shape index (κ1) is 11.6. The van der Waals surface area contributed by atoms with Crippen molar-refractivity contribution in [3.63, 3.8) is 0 Å². The van der Waals surface area contributed by atoms with Crippen LogP contribution in [0.15, 0.2) is 12.3 Å². The summed E-state index contributed by atoms with van der Waals surface area (Å²) in [6.07, 6.45) is 5.91. The standard InChI is InChI=1S/C13H22N2O/c1-10(2)15-8-6-12(14-15)9-13(16)7-4-5-11(13)3/h6,8,10-11,16H,4-5,7,9H2,1-3H3. The molecule has 2 atom stereocenters. The second-order valence-electron chi connectivity index (χ2n) is 5.45. The number of rotatable bonds is 3. The number of aromatic nitrogens is 2. The fraction of sp³-hybridized carbons (Fsp3) is 0.769. The molecule has 0 radical (unpaired) electrons. The van der Waals surface area contributed by atoms with E-state index in [0.717, 1.165) is 25.0 Å². The van der Waals surface area contributed by atoms with E-state index in [4.69, 9.17) is 0 Å². The van der Waals surface area contributed by atoms with Crippen LogP contribution < -0.4 is 0 Å². The fourth-order valence-electron chi connectivity index (χ4n) is 2.56. The first-order chi connectivity index (χ1) is 7.51. The van der Waals surface area contributed by atoms with E-state index in [0.29, 0.717) is 18.4 Å². The van der Waals surface area contributed by atoms with Gasteiger partial charge in [-0.15, -0.1) is 0 Å². The van der Waals surface area contributed by atoms with Crippen LogP contribution in [-0.4, -0.2) is 20.5 Å². The van der Waals surface area contributed by atoms with Crippen molar-refractivity contribution in [2.75, 3.05) is 0 Å². The van der Waals surface area contributed by atoms with Crippen LogP contribution in [0, 0.1) is 5.92 Å². The number of aliphatic hydroxyl groups is 1. The fourth-order valence-corrected chi connectivity index (χ4v) is 2.56. The van der Waals surface area contributed by atoms with Gasteiger partial charge >= 0.3 is 0 Å². The van der Waals surface area contributed by atoms with Gasteiger partial charge in [0.15, 0.2) is 0 Å². The molecule has 1 aliphatic carbocycles. The number of hydrogen-bond donors (Lipinski definition) is 1. The van der Waals surface area contributed by atoms with Crippen LogP contribution in [0.3, 0.4) is 0 Å². The van der Waals surface area contributed by atoms with Crippen LogP contribution in [0.4, 0.5) is 0 Å². The Morgan fingerprint density at radius 1 is 1.62 bits per heavy atom. The molecule has 0 saturated heterocycles. The summed E-state index contributed by atoms with van der Waals surface area (Å²) in [6.45, 7) is 6.37. The maximum atomic E-state index is 10.5. The molecule has 0 spiro atoms. The summed E-state index contributed by atoms with van der Waals surface area (Å²) in [7, 11) is 0. The van der Waals surface area contributed by atoms with Gasteiger partial charge in [0.2, 0.25) is 0 Å². The van der Waals surface area contributed by atoms with Crippen LogP contribution in [0.2, 0.25) is 0 Å². The van der Waals surface area contributed by atoms with Gasteiger partial charge in [-0.2, -0.15) is 5.10 Å². The molecule has 16 heavy (non-hydrogen) atoms. The van der Waals surface area contributed by atoms with E-state index >= 15 is 0 Å². The first-order valence-corrected chi connectivity index (χ1v) is 6.28. The second-order valence-corrected chi connectivity index (χ2v) is 5.45. The lowest BCUT2D eigenvalue weighted by molar-refractivity contribution is 0.00858. The highest BCUT2D eigenvalue weighted by Crippen LogP contribution is 2.37. The highest BCUT2D eigenvalue weighted by Gasteiger charge is 2.38. The molecule has 0 aromatic carbocycles. The van der Waals surface area contributed by atoms with Crippen molar-refractivity contribution in [3.05, 3.63) is 18.0 Å². The summed E-state index contributed by atoms with van der Waals surface area (Å²) >= 11 is 0. The van der Waals surface area contributed by atoms with E-state index < -0.39 is 5.60 Å². The van der Waals surface area contributed by atoms with Gasteiger partial charge in [0.05, 0.1) is 11.3 Å². The van der Waals surface area contributed by atoms with Gasteiger partial charge in [-0.3, -0.25) is 4.68 Å². The molecule has 3 heteroatoms. The quantitative estimate of drug-likeness (QED) is 0.853. The summed E-state index contributed by atoms with van der Waals surface area (Å²) < 4.78 is 1.96. The van der Waals surface area contributed by atoms with Crippen molar-refractivity contribution < 1.29 is 5.11 Å². The SMILES string of the molecule is CC(C)n1ccc(CC2(O)CCCC2C)n1. The lowest BCUT2D eigenvalue weighted by Gasteiger charge is -2.26. The molecule has 2 unspecified atom stereocenters. The number of hydrogen-bond acceptors (Lipinski definition) is 2. The van der Waals surface area contributed by atoms with Crippen molar-refractivity contribution in [2.24, 2.45) is 5.92 Å². The van der Waals surface area contributed by atoms with Crippen molar-refractivity contribution >= 4 is 0 Å². The lowest BCUT2D eigenvalue weighted by Crippen LogP contribution is -2.34. The van der Waals surface area contributed by atoms with Gasteiger partial charge in [-0.1, -0.05) is 13.3 Å². The Bertz CT molecular complexity index is 359. The minimum atomic E-state index is -0.518. The molecule has 0 amide bonds. The van der Waals surface area contributed by atoms with E-state index in [-0.39, 0.29) is 0 Å². The minimum absolute atomic E-state index is 0.393. The van der Waals surface area contributed by atoms with Crippen LogP contribution >= 0.6 is 0 Å². The Hall–Kier alpha value is -0.830. The van der Waals surface area contributed by atoms with Crippen molar-refractivity contribution in [2.45, 2.75) is 58.1 Å². The predicted octanol–water partition coefficient (Wildman–Crippen LogP) is 2.56. The third kappa shape index (κ3) is 2.14. The van der Waals surface area contributed by atoms with Gasteiger partial charge < -0.3 is 5.11 Å². The Labute approximate surface area is 97.5 Å². The zero-order valence-corrected chi connectivity index (χ0v) is 10.5. The van der Waals surface area contributed by atoms with Crippen LogP contribution in [-0.2, 0) is 6.42 Å². The molecule has 1 fully saturated rings. The van der Waals surface area contributed by atoms with E-state index in [1.165, 1.54) is 0 Å². The Balaban J connectivity index is 2.08. The van der Waals surface area contributed by atoms with Gasteiger partial charge in [-0.05, 0) is 38.7 Å². The zero-order chi connectivity index (χ0) is 11.8. The van der Waals surface area contributed by atoms with Crippen molar-refractivity contribution in [1.82, 2.24) is 9.78 Å². The number of nitrogens with zero attached hydrogens (tertiary/aromatic N) is 2. The van der Waals surface area contributed by atoms with E-state index in [9.17, 15) is 5.11 Å². The molecular weight excluding hydrogens is 200 g/mol. The minimum Gasteiger partial charge on any atom is -0.389 e. The molecule has 0 bridgehead atoms. The van der Waals surface area contributed by atoms with Gasteiger partial charge in [0.1, 0.15) is 0 Å². The topological polar surface area (TPSA) is 38.0 Å². The predicted molar refractivity (Wildman–Crippen MR) is 64.3 cm³/mol. The second kappa shape index (κ2) is 4.21. The van der Waals surface area contributed by atoms with E-state index in [1.807, 2.05) is 16.9 Å². The highest BCUT2D eigenvalue weighted by atomic mass is 16.3. The largest absolute Gasteiger partial charge is 0.389 e. The smallest absolute Gasteiger partial charge is 0.0729 e. The van der Waals surface area contributed by atoms with Crippen molar-refractivity contribution in [1.29, 1.82) is 0 Å². The van der Waals surface area contributed by atoms with E-state index in [2.05, 4.69) is 25.9 Å². The van der Waals surface area contributed by atoms with Crippen LogP contribution in [0.1, 0.15) is 51.8 Å². The van der Waals surface area contributed by atoms with Gasteiger partial charge in [0.25, 0.3) is 0 Å². The summed E-state index contributed by atoms with van der Waals surface area (Å²) in [4.78, 5) is 0. The monoisotopic (exact) mass is 222 g/mol. The molecular formula is C13H22N2O. The molecule has 1 saturated carbocycles. The molecule has 0 aliphatic heterocycles. The summed E-state index contributed by atoms with van der Waals surface area (Å²) in [5.74, 6) is 0.400. The molecule has 1 aromatic heterocycles. The summed E-state index contributed by atoms with van der Waals surface area (Å²) in [5, 5.41) is 15.0. The summed E-state index contributed by atoms with van der Waals surface area (Å²) in [6, 6.07) is 2.42. The van der Waals surface area contributed by atoms with Crippen LogP contribution in [0.5, 0.6) is 0 Å². The van der Waals surface area contributed by atoms with Crippen molar-refractivity contribution in [3.8, 4) is 0 Å². The Kier molecular flexibility index (Phi) is 3.06. The molecule has 1 aromatic rings. The zero-order valence-electron chi connectivity index (χ0n) is 10.5. The third-order valence-electron chi connectivity index (χ3n) is 3.84. The maximum Gasteiger partial charge on any atom is 0.0729 e.